The van der Waals surface area contributed by atoms with Crippen LogP contribution in [0.5, 0.6) is 5.75 Å². The van der Waals surface area contributed by atoms with Crippen LogP contribution < -0.4 is 10.2 Å². The van der Waals surface area contributed by atoms with Crippen molar-refractivity contribution in [1.29, 1.82) is 0 Å². The molecule has 0 saturated heterocycles. The molecular formula is C27H26N2O2. The number of aryl methyl sites for hydroxylation is 1. The van der Waals surface area contributed by atoms with Gasteiger partial charge in [0.2, 0.25) is 0 Å². The number of benzene rings is 4. The molecule has 4 rings (SSSR count). The van der Waals surface area contributed by atoms with E-state index in [4.69, 9.17) is 4.74 Å². The predicted molar refractivity (Wildman–Crippen MR) is 128 cm³/mol. The number of rotatable bonds is 6. The van der Waals surface area contributed by atoms with Gasteiger partial charge in [0.1, 0.15) is 5.75 Å². The Balaban J connectivity index is 1.51. The number of carbonyl (C=O) groups excluding carboxylic acids is 1. The lowest BCUT2D eigenvalue weighted by molar-refractivity contribution is -0.123. The van der Waals surface area contributed by atoms with Crippen LogP contribution in [0.2, 0.25) is 0 Å². The Labute approximate surface area is 182 Å². The van der Waals surface area contributed by atoms with E-state index in [-0.39, 0.29) is 12.5 Å². The summed E-state index contributed by atoms with van der Waals surface area (Å²) in [5, 5.41) is 8.69. The molecule has 156 valence electrons. The summed E-state index contributed by atoms with van der Waals surface area (Å²) in [6.07, 6.45) is 1.72. The minimum absolute atomic E-state index is 0.0865. The highest BCUT2D eigenvalue weighted by Gasteiger charge is 2.10. The van der Waals surface area contributed by atoms with Crippen molar-refractivity contribution in [2.75, 3.05) is 6.61 Å². The first-order valence-electron chi connectivity index (χ1n) is 10.5. The van der Waals surface area contributed by atoms with Crippen LogP contribution in [0.1, 0.15) is 36.5 Å². The molecule has 4 aromatic carbocycles. The molecule has 0 saturated carbocycles. The molecule has 0 spiro atoms. The lowest BCUT2D eigenvalue weighted by atomic mass is 9.97. The van der Waals surface area contributed by atoms with Crippen LogP contribution in [0.4, 0.5) is 0 Å². The highest BCUT2D eigenvalue weighted by atomic mass is 16.5. The average molecular weight is 411 g/mol. The van der Waals surface area contributed by atoms with Crippen LogP contribution in [0.15, 0.2) is 77.9 Å². The van der Waals surface area contributed by atoms with Gasteiger partial charge in [-0.2, -0.15) is 5.10 Å². The van der Waals surface area contributed by atoms with E-state index in [2.05, 4.69) is 66.8 Å². The Morgan fingerprint density at radius 2 is 1.61 bits per heavy atom. The zero-order valence-corrected chi connectivity index (χ0v) is 18.1. The number of fused-ring (bicyclic) bond motifs is 2. The molecule has 0 heterocycles. The molecule has 0 fully saturated rings. The van der Waals surface area contributed by atoms with Crippen LogP contribution in [0.3, 0.4) is 0 Å². The van der Waals surface area contributed by atoms with E-state index in [0.717, 1.165) is 44.0 Å². The molecule has 0 aliphatic rings. The molecular weight excluding hydrogens is 384 g/mol. The van der Waals surface area contributed by atoms with Crippen molar-refractivity contribution in [2.45, 2.75) is 26.7 Å². The summed E-state index contributed by atoms with van der Waals surface area (Å²) in [4.78, 5) is 12.3. The van der Waals surface area contributed by atoms with Crippen LogP contribution >= 0.6 is 0 Å². The van der Waals surface area contributed by atoms with Crippen LogP contribution in [0, 0.1) is 6.92 Å². The number of amides is 1. The molecule has 0 atom stereocenters. The quantitative estimate of drug-likeness (QED) is 0.242. The fraction of sp³-hybridized carbons (Fsp3) is 0.185. The first-order valence-corrected chi connectivity index (χ1v) is 10.5. The topological polar surface area (TPSA) is 50.7 Å². The average Bonchev–Trinajstić information content (AvgIpc) is 2.77. The van der Waals surface area contributed by atoms with Crippen LogP contribution in [-0.4, -0.2) is 18.7 Å². The Morgan fingerprint density at radius 1 is 0.968 bits per heavy atom. The second-order valence-electron chi connectivity index (χ2n) is 8.01. The summed E-state index contributed by atoms with van der Waals surface area (Å²) in [7, 11) is 0. The predicted octanol–water partition coefficient (Wildman–Crippen LogP) is 5.95. The van der Waals surface area contributed by atoms with E-state index in [1.165, 1.54) is 0 Å². The Kier molecular flexibility index (Phi) is 5.99. The second-order valence-corrected chi connectivity index (χ2v) is 8.01. The number of hydrogen-bond donors (Lipinski definition) is 1. The highest BCUT2D eigenvalue weighted by molar-refractivity contribution is 6.13. The molecule has 31 heavy (non-hydrogen) atoms. The van der Waals surface area contributed by atoms with Gasteiger partial charge in [0.15, 0.2) is 6.61 Å². The lowest BCUT2D eigenvalue weighted by Crippen LogP contribution is -2.25. The molecule has 0 bridgehead atoms. The van der Waals surface area contributed by atoms with Crippen LogP contribution in [0.25, 0.3) is 21.5 Å². The summed E-state index contributed by atoms with van der Waals surface area (Å²) in [6, 6.07) is 24.6. The van der Waals surface area contributed by atoms with Gasteiger partial charge in [0, 0.05) is 5.56 Å². The Bertz CT molecular complexity index is 1220. The molecule has 0 aliphatic heterocycles. The van der Waals surface area contributed by atoms with Gasteiger partial charge in [-0.05, 0) is 57.6 Å². The SMILES string of the molecule is Cc1ccc(C(C)C)c(OCC(=O)N/N=C/c2c3ccccc3cc3ccccc23)c1. The van der Waals surface area contributed by atoms with E-state index in [1.807, 2.05) is 37.3 Å². The monoisotopic (exact) mass is 410 g/mol. The van der Waals surface area contributed by atoms with Gasteiger partial charge in [-0.25, -0.2) is 5.43 Å². The molecule has 0 radical (unpaired) electrons. The van der Waals surface area contributed by atoms with E-state index in [9.17, 15) is 4.79 Å². The molecule has 0 aliphatic carbocycles. The van der Waals surface area contributed by atoms with Crippen molar-refractivity contribution in [2.24, 2.45) is 5.10 Å². The molecule has 4 nitrogen and oxygen atoms in total. The standard InChI is InChI=1S/C27H26N2O2/c1-18(2)22-13-12-19(3)14-26(22)31-17-27(30)29-28-16-25-23-10-6-4-8-20(23)15-21-9-5-7-11-24(21)25/h4-16,18H,17H2,1-3H3,(H,29,30)/b28-16+. The van der Waals surface area contributed by atoms with Crippen molar-refractivity contribution in [3.63, 3.8) is 0 Å². The van der Waals surface area contributed by atoms with E-state index in [1.54, 1.807) is 6.21 Å². The minimum atomic E-state index is -0.294. The number of hydrogen-bond acceptors (Lipinski definition) is 3. The maximum atomic E-state index is 12.3. The summed E-state index contributed by atoms with van der Waals surface area (Å²) in [6.45, 7) is 6.14. The fourth-order valence-electron chi connectivity index (χ4n) is 3.78. The number of nitrogens with one attached hydrogen (secondary N) is 1. The van der Waals surface area contributed by atoms with Gasteiger partial charge in [-0.15, -0.1) is 0 Å². The van der Waals surface area contributed by atoms with E-state index in [0.29, 0.717) is 5.92 Å². The van der Waals surface area contributed by atoms with Crippen LogP contribution in [-0.2, 0) is 4.79 Å². The zero-order valence-electron chi connectivity index (χ0n) is 18.1. The number of carbonyl (C=O) groups is 1. The highest BCUT2D eigenvalue weighted by Crippen LogP contribution is 2.28. The zero-order chi connectivity index (χ0) is 21.8. The summed E-state index contributed by atoms with van der Waals surface area (Å²) < 4.78 is 5.80. The van der Waals surface area contributed by atoms with Gasteiger partial charge in [0.05, 0.1) is 6.21 Å². The number of hydrazone groups is 1. The smallest absolute Gasteiger partial charge is 0.277 e. The van der Waals surface area contributed by atoms with Gasteiger partial charge in [0.25, 0.3) is 5.91 Å². The molecule has 4 aromatic rings. The maximum absolute atomic E-state index is 12.3. The third-order valence-corrected chi connectivity index (χ3v) is 5.35. The number of ether oxygens (including phenoxy) is 1. The normalized spacial score (nSPS) is 11.5. The van der Waals surface area contributed by atoms with Crippen molar-refractivity contribution in [3.05, 3.63) is 89.5 Å². The van der Waals surface area contributed by atoms with E-state index < -0.39 is 0 Å². The van der Waals surface area contributed by atoms with E-state index >= 15 is 0 Å². The first kappa shape index (κ1) is 20.6. The fourth-order valence-corrected chi connectivity index (χ4v) is 3.78. The first-order chi connectivity index (χ1) is 15.0. The number of nitrogens with zero attached hydrogens (tertiary/aromatic N) is 1. The molecule has 0 aromatic heterocycles. The van der Waals surface area contributed by atoms with Crippen molar-refractivity contribution in [3.8, 4) is 5.75 Å². The third kappa shape index (κ3) is 4.58. The Morgan fingerprint density at radius 3 is 2.26 bits per heavy atom. The minimum Gasteiger partial charge on any atom is -0.483 e. The van der Waals surface area contributed by atoms with Crippen molar-refractivity contribution < 1.29 is 9.53 Å². The summed E-state index contributed by atoms with van der Waals surface area (Å²) in [5.41, 5.74) is 5.77. The molecule has 1 N–H and O–H groups in total. The molecule has 1 amide bonds. The van der Waals surface area contributed by atoms with Gasteiger partial charge < -0.3 is 4.74 Å². The van der Waals surface area contributed by atoms with Gasteiger partial charge in [-0.1, -0.05) is 74.5 Å². The maximum Gasteiger partial charge on any atom is 0.277 e. The Hall–Kier alpha value is -3.66. The summed E-state index contributed by atoms with van der Waals surface area (Å²) >= 11 is 0. The molecule has 0 unspecified atom stereocenters. The van der Waals surface area contributed by atoms with Crippen molar-refractivity contribution in [1.82, 2.24) is 5.43 Å². The lowest BCUT2D eigenvalue weighted by Gasteiger charge is -2.14. The van der Waals surface area contributed by atoms with Gasteiger partial charge >= 0.3 is 0 Å². The third-order valence-electron chi connectivity index (χ3n) is 5.35. The van der Waals surface area contributed by atoms with Crippen molar-refractivity contribution >= 4 is 33.7 Å². The largest absolute Gasteiger partial charge is 0.483 e. The summed E-state index contributed by atoms with van der Waals surface area (Å²) in [5.74, 6) is 0.766. The molecule has 4 heteroatoms. The van der Waals surface area contributed by atoms with Gasteiger partial charge in [-0.3, -0.25) is 4.79 Å². The second kappa shape index (κ2) is 9.00.